The van der Waals surface area contributed by atoms with Gasteiger partial charge in [0.2, 0.25) is 0 Å². The van der Waals surface area contributed by atoms with Crippen molar-refractivity contribution in [3.63, 3.8) is 0 Å². The number of nitrogens with one attached hydrogen (secondary N) is 1. The second-order valence-corrected chi connectivity index (χ2v) is 7.06. The highest BCUT2D eigenvalue weighted by Gasteiger charge is 2.40. The molecule has 0 spiro atoms. The Hall–Kier alpha value is -0.120. The summed E-state index contributed by atoms with van der Waals surface area (Å²) in [5.41, 5.74) is 0.00773. The van der Waals surface area contributed by atoms with Gasteiger partial charge in [0.25, 0.3) is 0 Å². The van der Waals surface area contributed by atoms with Crippen molar-refractivity contribution in [3.05, 3.63) is 0 Å². The van der Waals surface area contributed by atoms with Crippen molar-refractivity contribution >= 4 is 0 Å². The Morgan fingerprint density at radius 3 is 2.68 bits per heavy atom. The van der Waals surface area contributed by atoms with Gasteiger partial charge in [-0.05, 0) is 51.5 Å². The van der Waals surface area contributed by atoms with E-state index >= 15 is 0 Å². The summed E-state index contributed by atoms with van der Waals surface area (Å²) in [4.78, 5) is 2.53. The first-order chi connectivity index (χ1) is 9.08. The summed E-state index contributed by atoms with van der Waals surface area (Å²) in [5.74, 6) is 0.770. The molecule has 19 heavy (non-hydrogen) atoms. The predicted molar refractivity (Wildman–Crippen MR) is 80.3 cm³/mol. The quantitative estimate of drug-likeness (QED) is 0.744. The lowest BCUT2D eigenvalue weighted by atomic mass is 9.78. The maximum atomic E-state index is 9.86. The van der Waals surface area contributed by atoms with Crippen molar-refractivity contribution < 1.29 is 5.11 Å². The molecule has 2 aliphatic carbocycles. The molecule has 3 nitrogen and oxygen atoms in total. The highest BCUT2D eigenvalue weighted by atomic mass is 16.3. The molecular weight excluding hydrogens is 236 g/mol. The molecule has 0 radical (unpaired) electrons. The first-order valence-electron chi connectivity index (χ1n) is 8.17. The molecule has 2 saturated carbocycles. The van der Waals surface area contributed by atoms with Gasteiger partial charge in [0.1, 0.15) is 0 Å². The third-order valence-electron chi connectivity index (χ3n) is 5.13. The standard InChI is InChI=1S/C16H32N2O/c1-4-13(2)11-18(3)15-6-5-9-16(10-15,12-19)17-14-7-8-14/h13-15,17,19H,4-12H2,1-3H3. The van der Waals surface area contributed by atoms with E-state index in [-0.39, 0.29) is 5.54 Å². The molecule has 0 aromatic heterocycles. The maximum Gasteiger partial charge on any atom is 0.0613 e. The van der Waals surface area contributed by atoms with E-state index in [1.165, 1.54) is 38.6 Å². The van der Waals surface area contributed by atoms with Gasteiger partial charge in [0, 0.05) is 24.2 Å². The Morgan fingerprint density at radius 1 is 1.37 bits per heavy atom. The molecule has 0 heterocycles. The zero-order valence-corrected chi connectivity index (χ0v) is 13.0. The van der Waals surface area contributed by atoms with Crippen molar-refractivity contribution in [1.82, 2.24) is 10.2 Å². The Bertz CT molecular complexity index is 280. The minimum absolute atomic E-state index is 0.00773. The van der Waals surface area contributed by atoms with Crippen molar-refractivity contribution in [3.8, 4) is 0 Å². The van der Waals surface area contributed by atoms with Crippen molar-refractivity contribution in [1.29, 1.82) is 0 Å². The molecule has 3 atom stereocenters. The van der Waals surface area contributed by atoms with E-state index in [2.05, 4.69) is 31.1 Å². The second-order valence-electron chi connectivity index (χ2n) is 7.06. The first kappa shape index (κ1) is 15.3. The Labute approximate surface area is 118 Å². The molecule has 3 unspecified atom stereocenters. The van der Waals surface area contributed by atoms with E-state index in [9.17, 15) is 5.11 Å². The van der Waals surface area contributed by atoms with Crippen molar-refractivity contribution in [2.45, 2.75) is 76.4 Å². The van der Waals surface area contributed by atoms with Crippen LogP contribution in [0.25, 0.3) is 0 Å². The fraction of sp³-hybridized carbons (Fsp3) is 1.00. The van der Waals surface area contributed by atoms with E-state index in [0.717, 1.165) is 18.8 Å². The summed E-state index contributed by atoms with van der Waals surface area (Å²) in [5, 5.41) is 13.6. The highest BCUT2D eigenvalue weighted by molar-refractivity contribution is 5.00. The summed E-state index contributed by atoms with van der Waals surface area (Å²) in [6.45, 7) is 6.09. The largest absolute Gasteiger partial charge is 0.394 e. The van der Waals surface area contributed by atoms with Crippen molar-refractivity contribution in [2.24, 2.45) is 5.92 Å². The average Bonchev–Trinajstić information content (AvgIpc) is 3.22. The summed E-state index contributed by atoms with van der Waals surface area (Å²) >= 11 is 0. The highest BCUT2D eigenvalue weighted by Crippen LogP contribution is 2.34. The Morgan fingerprint density at radius 2 is 2.11 bits per heavy atom. The minimum atomic E-state index is 0.00773. The molecule has 0 aliphatic heterocycles. The second kappa shape index (κ2) is 6.55. The first-order valence-corrected chi connectivity index (χ1v) is 8.17. The number of hydrogen-bond donors (Lipinski definition) is 2. The van der Waals surface area contributed by atoms with Crippen LogP contribution in [0, 0.1) is 5.92 Å². The van der Waals surface area contributed by atoms with Gasteiger partial charge in [-0.15, -0.1) is 0 Å². The molecule has 0 saturated heterocycles. The molecule has 0 bridgehead atoms. The Balaban J connectivity index is 1.90. The van der Waals surface area contributed by atoms with Crippen LogP contribution in [0.4, 0.5) is 0 Å². The SMILES string of the molecule is CCC(C)CN(C)C1CCCC(CO)(NC2CC2)C1. The molecule has 3 heteroatoms. The molecule has 2 fully saturated rings. The summed E-state index contributed by atoms with van der Waals surface area (Å²) in [7, 11) is 2.27. The number of rotatable bonds is 7. The lowest BCUT2D eigenvalue weighted by molar-refractivity contribution is 0.0631. The van der Waals surface area contributed by atoms with Crippen LogP contribution in [0.1, 0.15) is 58.8 Å². The number of hydrogen-bond acceptors (Lipinski definition) is 3. The van der Waals surface area contributed by atoms with Crippen LogP contribution in [0.3, 0.4) is 0 Å². The van der Waals surface area contributed by atoms with E-state index in [4.69, 9.17) is 0 Å². The summed E-state index contributed by atoms with van der Waals surface area (Å²) < 4.78 is 0. The summed E-state index contributed by atoms with van der Waals surface area (Å²) in [6.07, 6.45) is 8.66. The number of aliphatic hydroxyl groups is 1. The van der Waals surface area contributed by atoms with Crippen LogP contribution in [-0.2, 0) is 0 Å². The van der Waals surface area contributed by atoms with Crippen LogP contribution in [-0.4, -0.2) is 47.8 Å². The molecular formula is C16H32N2O. The average molecular weight is 268 g/mol. The third kappa shape index (κ3) is 4.17. The Kier molecular flexibility index (Phi) is 5.27. The normalized spacial score (nSPS) is 33.6. The van der Waals surface area contributed by atoms with Crippen LogP contribution >= 0.6 is 0 Å². The summed E-state index contributed by atoms with van der Waals surface area (Å²) in [6, 6.07) is 1.33. The molecule has 0 aromatic carbocycles. The van der Waals surface area contributed by atoms with Crippen LogP contribution in [0.5, 0.6) is 0 Å². The van der Waals surface area contributed by atoms with Gasteiger partial charge in [0.15, 0.2) is 0 Å². The van der Waals surface area contributed by atoms with Gasteiger partial charge in [-0.3, -0.25) is 0 Å². The fourth-order valence-corrected chi connectivity index (χ4v) is 3.46. The molecule has 112 valence electrons. The van der Waals surface area contributed by atoms with Gasteiger partial charge in [-0.25, -0.2) is 0 Å². The molecule has 2 rings (SSSR count). The molecule has 0 aromatic rings. The lowest BCUT2D eigenvalue weighted by Gasteiger charge is -2.44. The number of nitrogens with zero attached hydrogens (tertiary/aromatic N) is 1. The van der Waals surface area contributed by atoms with Gasteiger partial charge in [-0.1, -0.05) is 20.3 Å². The zero-order valence-electron chi connectivity index (χ0n) is 13.0. The van der Waals surface area contributed by atoms with Gasteiger partial charge < -0.3 is 15.3 Å². The zero-order chi connectivity index (χ0) is 13.9. The molecule has 2 aliphatic rings. The third-order valence-corrected chi connectivity index (χ3v) is 5.13. The lowest BCUT2D eigenvalue weighted by Crippen LogP contribution is -2.56. The van der Waals surface area contributed by atoms with E-state index in [1.807, 2.05) is 0 Å². The van der Waals surface area contributed by atoms with Crippen LogP contribution in [0.2, 0.25) is 0 Å². The topological polar surface area (TPSA) is 35.5 Å². The maximum absolute atomic E-state index is 9.86. The minimum Gasteiger partial charge on any atom is -0.394 e. The number of aliphatic hydroxyl groups excluding tert-OH is 1. The predicted octanol–water partition coefficient (Wildman–Crippen LogP) is 2.39. The molecule has 2 N–H and O–H groups in total. The molecule has 0 amide bonds. The fourth-order valence-electron chi connectivity index (χ4n) is 3.46. The van der Waals surface area contributed by atoms with Crippen molar-refractivity contribution in [2.75, 3.05) is 20.2 Å². The van der Waals surface area contributed by atoms with Crippen LogP contribution in [0.15, 0.2) is 0 Å². The monoisotopic (exact) mass is 268 g/mol. The van der Waals surface area contributed by atoms with E-state index in [0.29, 0.717) is 18.7 Å². The van der Waals surface area contributed by atoms with Gasteiger partial charge >= 0.3 is 0 Å². The van der Waals surface area contributed by atoms with E-state index in [1.54, 1.807) is 0 Å². The van der Waals surface area contributed by atoms with E-state index < -0.39 is 0 Å². The smallest absolute Gasteiger partial charge is 0.0613 e. The van der Waals surface area contributed by atoms with Crippen LogP contribution < -0.4 is 5.32 Å². The van der Waals surface area contributed by atoms with Gasteiger partial charge in [0.05, 0.1) is 6.61 Å². The van der Waals surface area contributed by atoms with Gasteiger partial charge in [-0.2, -0.15) is 0 Å².